The maximum atomic E-state index is 12.5. The minimum Gasteiger partial charge on any atom is -0.380 e. The summed E-state index contributed by atoms with van der Waals surface area (Å²) >= 11 is 0. The molecule has 0 bridgehead atoms. The zero-order chi connectivity index (χ0) is 13.3. The molecule has 2 atom stereocenters. The van der Waals surface area contributed by atoms with Crippen molar-refractivity contribution in [3.8, 4) is 0 Å². The number of fused-ring (bicyclic) bond motifs is 1. The Hall–Kier alpha value is -1.40. The molecule has 0 unspecified atom stereocenters. The van der Waals surface area contributed by atoms with Gasteiger partial charge >= 0.3 is 0 Å². The molecule has 6 heteroatoms. The Morgan fingerprint density at radius 2 is 2.63 bits per heavy atom. The lowest BCUT2D eigenvalue weighted by atomic mass is 9.75. The van der Waals surface area contributed by atoms with Crippen LogP contribution in [0.15, 0.2) is 12.5 Å². The predicted octanol–water partition coefficient (Wildman–Crippen LogP) is -0.338. The number of aromatic nitrogens is 2. The number of rotatable bonds is 3. The van der Waals surface area contributed by atoms with E-state index in [0.29, 0.717) is 25.6 Å². The van der Waals surface area contributed by atoms with Crippen molar-refractivity contribution in [3.63, 3.8) is 0 Å². The summed E-state index contributed by atoms with van der Waals surface area (Å²) in [6, 6.07) is 0. The fraction of sp³-hybridized carbons (Fsp3) is 0.692. The van der Waals surface area contributed by atoms with Gasteiger partial charge in [0.05, 0.1) is 30.6 Å². The number of imidazole rings is 1. The van der Waals surface area contributed by atoms with Gasteiger partial charge in [-0.3, -0.25) is 4.79 Å². The molecule has 2 aliphatic heterocycles. The van der Waals surface area contributed by atoms with Crippen molar-refractivity contribution in [2.24, 2.45) is 18.4 Å². The summed E-state index contributed by atoms with van der Waals surface area (Å²) in [5, 5.41) is 6.34. The normalized spacial score (nSPS) is 30.1. The molecule has 0 spiro atoms. The minimum absolute atomic E-state index is 0.0906. The molecule has 3 heterocycles. The quantitative estimate of drug-likeness (QED) is 0.784. The van der Waals surface area contributed by atoms with Crippen LogP contribution in [-0.2, 0) is 23.1 Å². The molecular weight excluding hydrogens is 244 g/mol. The van der Waals surface area contributed by atoms with E-state index >= 15 is 0 Å². The van der Waals surface area contributed by atoms with Gasteiger partial charge in [-0.15, -0.1) is 0 Å². The summed E-state index contributed by atoms with van der Waals surface area (Å²) < 4.78 is 7.42. The number of amides is 1. The second-order valence-corrected chi connectivity index (χ2v) is 5.54. The van der Waals surface area contributed by atoms with Crippen LogP contribution in [0.4, 0.5) is 0 Å². The standard InChI is InChI=1S/C13H20N4O2/c1-17-6-11(16-9-17)5-15-12(18)13-7-14-4-10(13)2-3-19-8-13/h6,9-10,14H,2-5,7-8H2,1H3,(H,15,18)/t10-,13+/m1/s1. The molecule has 0 aromatic carbocycles. The average molecular weight is 264 g/mol. The van der Waals surface area contributed by atoms with Crippen LogP contribution in [-0.4, -0.2) is 41.8 Å². The molecule has 1 aromatic rings. The molecule has 104 valence electrons. The van der Waals surface area contributed by atoms with Crippen molar-refractivity contribution in [1.29, 1.82) is 0 Å². The molecule has 3 rings (SSSR count). The van der Waals surface area contributed by atoms with E-state index in [1.807, 2.05) is 17.8 Å². The Balaban J connectivity index is 1.65. The Bertz CT molecular complexity index is 473. The summed E-state index contributed by atoms with van der Waals surface area (Å²) in [6.07, 6.45) is 4.62. The first kappa shape index (κ1) is 12.6. The predicted molar refractivity (Wildman–Crippen MR) is 69.3 cm³/mol. The molecular formula is C13H20N4O2. The highest BCUT2D eigenvalue weighted by Gasteiger charge is 2.50. The third-order valence-electron chi connectivity index (χ3n) is 4.22. The highest BCUT2D eigenvalue weighted by atomic mass is 16.5. The number of carbonyl (C=O) groups excluding carboxylic acids is 1. The number of ether oxygens (including phenoxy) is 1. The van der Waals surface area contributed by atoms with Crippen LogP contribution in [0, 0.1) is 11.3 Å². The number of nitrogens with zero attached hydrogens (tertiary/aromatic N) is 2. The van der Waals surface area contributed by atoms with Gasteiger partial charge in [0.25, 0.3) is 0 Å². The van der Waals surface area contributed by atoms with Crippen LogP contribution in [0.5, 0.6) is 0 Å². The molecule has 2 N–H and O–H groups in total. The van der Waals surface area contributed by atoms with E-state index in [1.165, 1.54) is 0 Å². The monoisotopic (exact) mass is 264 g/mol. The van der Waals surface area contributed by atoms with Gasteiger partial charge in [-0.25, -0.2) is 4.98 Å². The van der Waals surface area contributed by atoms with Crippen LogP contribution in [0.2, 0.25) is 0 Å². The van der Waals surface area contributed by atoms with Gasteiger partial charge < -0.3 is 19.9 Å². The lowest BCUT2D eigenvalue weighted by Gasteiger charge is -2.36. The lowest BCUT2D eigenvalue weighted by Crippen LogP contribution is -2.51. The summed E-state index contributed by atoms with van der Waals surface area (Å²) in [5.74, 6) is 0.484. The zero-order valence-corrected chi connectivity index (χ0v) is 11.2. The second kappa shape index (κ2) is 4.94. The molecule has 6 nitrogen and oxygen atoms in total. The zero-order valence-electron chi connectivity index (χ0n) is 11.2. The third-order valence-corrected chi connectivity index (χ3v) is 4.22. The van der Waals surface area contributed by atoms with E-state index in [1.54, 1.807) is 6.33 Å². The number of nitrogens with one attached hydrogen (secondary N) is 2. The summed E-state index contributed by atoms with van der Waals surface area (Å²) in [7, 11) is 1.92. The SMILES string of the molecule is Cn1cnc(CNC(=O)[C@]23CNC[C@H]2CCOC3)c1. The number of hydrogen-bond donors (Lipinski definition) is 2. The molecule has 19 heavy (non-hydrogen) atoms. The fourth-order valence-corrected chi connectivity index (χ4v) is 3.07. The van der Waals surface area contributed by atoms with Crippen LogP contribution in [0.25, 0.3) is 0 Å². The smallest absolute Gasteiger partial charge is 0.230 e. The third kappa shape index (κ3) is 2.26. The van der Waals surface area contributed by atoms with E-state index in [2.05, 4.69) is 15.6 Å². The van der Waals surface area contributed by atoms with Crippen molar-refractivity contribution < 1.29 is 9.53 Å². The average Bonchev–Trinajstić information content (AvgIpc) is 3.02. The van der Waals surface area contributed by atoms with Gasteiger partial charge in [-0.2, -0.15) is 0 Å². The molecule has 2 fully saturated rings. The van der Waals surface area contributed by atoms with Crippen molar-refractivity contribution >= 4 is 5.91 Å². The van der Waals surface area contributed by atoms with Gasteiger partial charge in [-0.1, -0.05) is 0 Å². The Morgan fingerprint density at radius 1 is 1.74 bits per heavy atom. The van der Waals surface area contributed by atoms with Crippen LogP contribution in [0.3, 0.4) is 0 Å². The first-order valence-corrected chi connectivity index (χ1v) is 6.74. The summed E-state index contributed by atoms with van der Waals surface area (Å²) in [6.45, 7) is 3.40. The van der Waals surface area contributed by atoms with Crippen LogP contribution in [0.1, 0.15) is 12.1 Å². The van der Waals surface area contributed by atoms with Crippen LogP contribution >= 0.6 is 0 Å². The van der Waals surface area contributed by atoms with E-state index in [0.717, 1.165) is 25.3 Å². The van der Waals surface area contributed by atoms with Gasteiger partial charge in [-0.05, 0) is 18.9 Å². The minimum atomic E-state index is -0.382. The highest BCUT2D eigenvalue weighted by molar-refractivity contribution is 5.84. The van der Waals surface area contributed by atoms with Gasteiger partial charge in [0, 0.05) is 26.4 Å². The maximum Gasteiger partial charge on any atom is 0.230 e. The Labute approximate surface area is 112 Å². The maximum absolute atomic E-state index is 12.5. The Morgan fingerprint density at radius 3 is 3.42 bits per heavy atom. The molecule has 1 amide bonds. The number of aryl methyl sites for hydroxylation is 1. The van der Waals surface area contributed by atoms with E-state index < -0.39 is 0 Å². The molecule has 1 aromatic heterocycles. The van der Waals surface area contributed by atoms with E-state index in [9.17, 15) is 4.79 Å². The van der Waals surface area contributed by atoms with Gasteiger partial charge in [0.1, 0.15) is 0 Å². The van der Waals surface area contributed by atoms with Gasteiger partial charge in [0.15, 0.2) is 0 Å². The Kier molecular flexibility index (Phi) is 3.28. The van der Waals surface area contributed by atoms with Crippen molar-refractivity contribution in [3.05, 3.63) is 18.2 Å². The van der Waals surface area contributed by atoms with E-state index in [-0.39, 0.29) is 11.3 Å². The fourth-order valence-electron chi connectivity index (χ4n) is 3.07. The first-order valence-electron chi connectivity index (χ1n) is 6.74. The summed E-state index contributed by atoms with van der Waals surface area (Å²) in [5.41, 5.74) is 0.499. The highest BCUT2D eigenvalue weighted by Crippen LogP contribution is 2.37. The second-order valence-electron chi connectivity index (χ2n) is 5.54. The molecule has 0 aliphatic carbocycles. The first-order chi connectivity index (χ1) is 9.21. The number of carbonyl (C=O) groups is 1. The molecule has 2 saturated heterocycles. The lowest BCUT2D eigenvalue weighted by molar-refractivity contribution is -0.141. The molecule has 0 radical (unpaired) electrons. The number of hydrogen-bond acceptors (Lipinski definition) is 4. The van der Waals surface area contributed by atoms with Gasteiger partial charge in [0.2, 0.25) is 5.91 Å². The van der Waals surface area contributed by atoms with Crippen molar-refractivity contribution in [2.45, 2.75) is 13.0 Å². The topological polar surface area (TPSA) is 68.2 Å². The molecule has 0 saturated carbocycles. The van der Waals surface area contributed by atoms with Crippen molar-refractivity contribution in [1.82, 2.24) is 20.2 Å². The summed E-state index contributed by atoms with van der Waals surface area (Å²) in [4.78, 5) is 16.7. The van der Waals surface area contributed by atoms with Crippen molar-refractivity contribution in [2.75, 3.05) is 26.3 Å². The van der Waals surface area contributed by atoms with Crippen LogP contribution < -0.4 is 10.6 Å². The van der Waals surface area contributed by atoms with E-state index in [4.69, 9.17) is 4.74 Å². The molecule has 2 aliphatic rings. The largest absolute Gasteiger partial charge is 0.380 e.